The summed E-state index contributed by atoms with van der Waals surface area (Å²) in [6.07, 6.45) is 7.18. The average molecular weight is 250 g/mol. The first kappa shape index (κ1) is 15.6. The molecular formula is C11H22O4S. The Morgan fingerprint density at radius 3 is 2.19 bits per heavy atom. The summed E-state index contributed by atoms with van der Waals surface area (Å²) in [5.74, 6) is 0. The maximum absolute atomic E-state index is 10.9. The SMILES string of the molecule is CCCCCCCCC(CC=O)S(=O)(=O)O. The Labute approximate surface area is 98.2 Å². The van der Waals surface area contributed by atoms with Gasteiger partial charge in [0.15, 0.2) is 0 Å². The van der Waals surface area contributed by atoms with Crippen molar-refractivity contribution in [1.82, 2.24) is 0 Å². The maximum Gasteiger partial charge on any atom is 0.268 e. The minimum atomic E-state index is -4.06. The summed E-state index contributed by atoms with van der Waals surface area (Å²) < 4.78 is 30.6. The van der Waals surface area contributed by atoms with Crippen molar-refractivity contribution in [1.29, 1.82) is 0 Å². The lowest BCUT2D eigenvalue weighted by Crippen LogP contribution is -2.20. The van der Waals surface area contributed by atoms with Gasteiger partial charge >= 0.3 is 0 Å². The van der Waals surface area contributed by atoms with Gasteiger partial charge in [-0.2, -0.15) is 8.42 Å². The first-order chi connectivity index (χ1) is 7.52. The largest absolute Gasteiger partial charge is 0.303 e. The molecule has 0 radical (unpaired) electrons. The fraction of sp³-hybridized carbons (Fsp3) is 0.909. The van der Waals surface area contributed by atoms with E-state index < -0.39 is 15.4 Å². The average Bonchev–Trinajstić information content (AvgIpc) is 2.20. The molecule has 96 valence electrons. The standard InChI is InChI=1S/C11H22O4S/c1-2-3-4-5-6-7-8-11(9-10-12)16(13,14)15/h10-11H,2-9H2,1H3,(H,13,14,15). The van der Waals surface area contributed by atoms with E-state index in [2.05, 4.69) is 6.92 Å². The molecule has 0 aliphatic carbocycles. The van der Waals surface area contributed by atoms with Gasteiger partial charge in [-0.05, 0) is 6.42 Å². The minimum Gasteiger partial charge on any atom is -0.303 e. The summed E-state index contributed by atoms with van der Waals surface area (Å²) in [6, 6.07) is 0. The second-order valence-electron chi connectivity index (χ2n) is 4.10. The van der Waals surface area contributed by atoms with E-state index >= 15 is 0 Å². The Hall–Kier alpha value is -0.420. The zero-order chi connectivity index (χ0) is 12.4. The summed E-state index contributed by atoms with van der Waals surface area (Å²) >= 11 is 0. The molecule has 0 rings (SSSR count). The first-order valence-corrected chi connectivity index (χ1v) is 7.42. The van der Waals surface area contributed by atoms with Gasteiger partial charge in [0.25, 0.3) is 10.1 Å². The number of rotatable bonds is 10. The molecule has 1 unspecified atom stereocenters. The van der Waals surface area contributed by atoms with Crippen molar-refractivity contribution in [2.45, 2.75) is 63.5 Å². The van der Waals surface area contributed by atoms with Crippen LogP contribution in [0.5, 0.6) is 0 Å². The number of hydrogen-bond donors (Lipinski definition) is 1. The summed E-state index contributed by atoms with van der Waals surface area (Å²) in [4.78, 5) is 10.3. The quantitative estimate of drug-likeness (QED) is 0.367. The van der Waals surface area contributed by atoms with Crippen molar-refractivity contribution in [2.24, 2.45) is 0 Å². The fourth-order valence-corrected chi connectivity index (χ4v) is 2.43. The van der Waals surface area contributed by atoms with Crippen molar-refractivity contribution < 1.29 is 17.8 Å². The molecule has 0 amide bonds. The molecule has 5 heteroatoms. The second kappa shape index (κ2) is 8.70. The van der Waals surface area contributed by atoms with Crippen molar-refractivity contribution >= 4 is 16.4 Å². The molecule has 0 saturated carbocycles. The molecule has 0 heterocycles. The normalized spacial score (nSPS) is 13.6. The Balaban J connectivity index is 3.74. The smallest absolute Gasteiger partial charge is 0.268 e. The third kappa shape index (κ3) is 7.82. The Kier molecular flexibility index (Phi) is 8.47. The van der Waals surface area contributed by atoms with Gasteiger partial charge in [-0.3, -0.25) is 4.55 Å². The van der Waals surface area contributed by atoms with Gasteiger partial charge in [0.2, 0.25) is 0 Å². The highest BCUT2D eigenvalue weighted by Crippen LogP contribution is 2.14. The van der Waals surface area contributed by atoms with Gasteiger partial charge in [-0.15, -0.1) is 0 Å². The Bertz CT molecular complexity index is 272. The van der Waals surface area contributed by atoms with Gasteiger partial charge in [-0.25, -0.2) is 0 Å². The van der Waals surface area contributed by atoms with Crippen LogP contribution in [0.3, 0.4) is 0 Å². The van der Waals surface area contributed by atoms with E-state index in [1.54, 1.807) is 0 Å². The number of aldehydes is 1. The molecule has 0 bridgehead atoms. The van der Waals surface area contributed by atoms with Crippen LogP contribution in [-0.2, 0) is 14.9 Å². The second-order valence-corrected chi connectivity index (χ2v) is 5.79. The van der Waals surface area contributed by atoms with E-state index in [1.807, 2.05) is 0 Å². The highest BCUT2D eigenvalue weighted by molar-refractivity contribution is 7.86. The van der Waals surface area contributed by atoms with E-state index in [1.165, 1.54) is 19.3 Å². The zero-order valence-electron chi connectivity index (χ0n) is 9.89. The third-order valence-electron chi connectivity index (χ3n) is 2.66. The van der Waals surface area contributed by atoms with Crippen LogP contribution in [0.2, 0.25) is 0 Å². The van der Waals surface area contributed by atoms with Crippen LogP contribution in [-0.4, -0.2) is 24.5 Å². The van der Waals surface area contributed by atoms with Crippen molar-refractivity contribution in [2.75, 3.05) is 0 Å². The molecule has 16 heavy (non-hydrogen) atoms. The minimum absolute atomic E-state index is 0.103. The molecule has 0 aromatic heterocycles. The lowest BCUT2D eigenvalue weighted by Gasteiger charge is -2.10. The Morgan fingerprint density at radius 2 is 1.69 bits per heavy atom. The van der Waals surface area contributed by atoms with E-state index in [0.717, 1.165) is 19.3 Å². The van der Waals surface area contributed by atoms with Crippen molar-refractivity contribution in [3.63, 3.8) is 0 Å². The van der Waals surface area contributed by atoms with Gasteiger partial charge in [0, 0.05) is 6.42 Å². The lowest BCUT2D eigenvalue weighted by molar-refractivity contribution is -0.107. The van der Waals surface area contributed by atoms with Gasteiger partial charge in [0.05, 0.1) is 5.25 Å². The summed E-state index contributed by atoms with van der Waals surface area (Å²) in [5.41, 5.74) is 0. The van der Waals surface area contributed by atoms with Crippen LogP contribution in [0.1, 0.15) is 58.3 Å². The molecule has 0 aliphatic rings. The Morgan fingerprint density at radius 1 is 1.12 bits per heavy atom. The highest BCUT2D eigenvalue weighted by atomic mass is 32.2. The molecule has 1 N–H and O–H groups in total. The lowest BCUT2D eigenvalue weighted by atomic mass is 10.1. The summed E-state index contributed by atoms with van der Waals surface area (Å²) in [5, 5.41) is -0.906. The summed E-state index contributed by atoms with van der Waals surface area (Å²) in [7, 11) is -4.06. The van der Waals surface area contributed by atoms with Crippen LogP contribution in [0, 0.1) is 0 Å². The molecule has 0 fully saturated rings. The van der Waals surface area contributed by atoms with Crippen molar-refractivity contribution in [3.05, 3.63) is 0 Å². The molecule has 0 spiro atoms. The fourth-order valence-electron chi connectivity index (χ4n) is 1.65. The summed E-state index contributed by atoms with van der Waals surface area (Å²) in [6.45, 7) is 2.14. The monoisotopic (exact) mass is 250 g/mol. The van der Waals surface area contributed by atoms with E-state index in [-0.39, 0.29) is 6.42 Å². The number of hydrogen-bond acceptors (Lipinski definition) is 3. The number of unbranched alkanes of at least 4 members (excludes halogenated alkanes) is 5. The van der Waals surface area contributed by atoms with Crippen LogP contribution in [0.15, 0.2) is 0 Å². The van der Waals surface area contributed by atoms with Crippen molar-refractivity contribution in [3.8, 4) is 0 Å². The zero-order valence-corrected chi connectivity index (χ0v) is 10.7. The van der Waals surface area contributed by atoms with E-state index in [9.17, 15) is 13.2 Å². The van der Waals surface area contributed by atoms with Crippen LogP contribution in [0.25, 0.3) is 0 Å². The predicted molar refractivity (Wildman–Crippen MR) is 64.0 cm³/mol. The van der Waals surface area contributed by atoms with E-state index in [4.69, 9.17) is 4.55 Å². The molecule has 4 nitrogen and oxygen atoms in total. The topological polar surface area (TPSA) is 71.4 Å². The molecule has 1 atom stereocenters. The third-order valence-corrected chi connectivity index (χ3v) is 3.93. The van der Waals surface area contributed by atoms with Gasteiger partial charge < -0.3 is 4.79 Å². The van der Waals surface area contributed by atoms with Crippen LogP contribution >= 0.6 is 0 Å². The maximum atomic E-state index is 10.9. The molecule has 0 aromatic carbocycles. The first-order valence-electron chi connectivity index (χ1n) is 5.92. The molecule has 0 aromatic rings. The van der Waals surface area contributed by atoms with Crippen LogP contribution < -0.4 is 0 Å². The number of carbonyl (C=O) groups is 1. The van der Waals surface area contributed by atoms with E-state index in [0.29, 0.717) is 12.7 Å². The predicted octanol–water partition coefficient (Wildman–Crippen LogP) is 2.58. The number of carbonyl (C=O) groups excluding carboxylic acids is 1. The molecular weight excluding hydrogens is 228 g/mol. The van der Waals surface area contributed by atoms with Crippen LogP contribution in [0.4, 0.5) is 0 Å². The molecule has 0 aliphatic heterocycles. The van der Waals surface area contributed by atoms with Gasteiger partial charge in [0.1, 0.15) is 6.29 Å². The van der Waals surface area contributed by atoms with Gasteiger partial charge in [-0.1, -0.05) is 45.4 Å². The molecule has 0 saturated heterocycles. The highest BCUT2D eigenvalue weighted by Gasteiger charge is 2.21.